The van der Waals surface area contributed by atoms with Crippen LogP contribution in [-0.4, -0.2) is 28.4 Å². The molecule has 1 aromatic heterocycles. The number of hydrogen-bond donors (Lipinski definition) is 1. The number of carbonyl (C=O) groups is 1. The fourth-order valence-electron chi connectivity index (χ4n) is 2.45. The fourth-order valence-corrected chi connectivity index (χ4v) is 2.45. The van der Waals surface area contributed by atoms with Crippen LogP contribution in [0.2, 0.25) is 0 Å². The molecule has 0 radical (unpaired) electrons. The van der Waals surface area contributed by atoms with Crippen molar-refractivity contribution >= 4 is 11.6 Å². The highest BCUT2D eigenvalue weighted by Gasteiger charge is 2.28. The van der Waals surface area contributed by atoms with Gasteiger partial charge in [-0.1, -0.05) is 6.92 Å². The van der Waals surface area contributed by atoms with Gasteiger partial charge in [0, 0.05) is 12.6 Å². The maximum atomic E-state index is 12.4. The van der Waals surface area contributed by atoms with Crippen LogP contribution in [0.15, 0.2) is 12.3 Å². The second-order valence-corrected chi connectivity index (χ2v) is 4.60. The molecule has 0 aliphatic carbocycles. The van der Waals surface area contributed by atoms with Crippen molar-refractivity contribution in [1.82, 2.24) is 9.88 Å². The third kappa shape index (κ3) is 2.25. The molecule has 17 heavy (non-hydrogen) atoms. The Labute approximate surface area is 102 Å². The third-order valence-electron chi connectivity index (χ3n) is 3.45. The first kappa shape index (κ1) is 11.9. The lowest BCUT2D eigenvalue weighted by molar-refractivity contribution is 0.0732. The molecule has 2 rings (SSSR count). The van der Waals surface area contributed by atoms with Gasteiger partial charge in [-0.2, -0.15) is 0 Å². The van der Waals surface area contributed by atoms with Crippen LogP contribution >= 0.6 is 0 Å². The van der Waals surface area contributed by atoms with E-state index < -0.39 is 0 Å². The lowest BCUT2D eigenvalue weighted by Crippen LogP contribution is -2.35. The van der Waals surface area contributed by atoms with Crippen LogP contribution in [-0.2, 0) is 0 Å². The molecule has 1 saturated heterocycles. The van der Waals surface area contributed by atoms with Crippen LogP contribution < -0.4 is 5.73 Å². The largest absolute Gasteiger partial charge is 0.397 e. The summed E-state index contributed by atoms with van der Waals surface area (Å²) in [5, 5.41) is 0. The van der Waals surface area contributed by atoms with Crippen molar-refractivity contribution in [3.05, 3.63) is 23.5 Å². The molecule has 1 aliphatic heterocycles. The number of hydrogen-bond acceptors (Lipinski definition) is 3. The summed E-state index contributed by atoms with van der Waals surface area (Å²) in [7, 11) is 0. The Morgan fingerprint density at radius 3 is 3.12 bits per heavy atom. The molecule has 4 heteroatoms. The SMILES string of the molecule is CCC1CCCN1C(=O)c1cc(N)cnc1C. The van der Waals surface area contributed by atoms with E-state index in [1.54, 1.807) is 12.3 Å². The normalized spacial score (nSPS) is 19.6. The minimum Gasteiger partial charge on any atom is -0.397 e. The molecular weight excluding hydrogens is 214 g/mol. The van der Waals surface area contributed by atoms with Gasteiger partial charge < -0.3 is 10.6 Å². The summed E-state index contributed by atoms with van der Waals surface area (Å²) in [6, 6.07) is 2.11. The number of aromatic nitrogens is 1. The molecule has 1 aliphatic rings. The monoisotopic (exact) mass is 233 g/mol. The van der Waals surface area contributed by atoms with Crippen molar-refractivity contribution < 1.29 is 4.79 Å². The van der Waals surface area contributed by atoms with Crippen LogP contribution in [0.1, 0.15) is 42.2 Å². The summed E-state index contributed by atoms with van der Waals surface area (Å²) >= 11 is 0. The van der Waals surface area contributed by atoms with E-state index in [9.17, 15) is 4.79 Å². The summed E-state index contributed by atoms with van der Waals surface area (Å²) in [4.78, 5) is 18.5. The summed E-state index contributed by atoms with van der Waals surface area (Å²) in [5.41, 5.74) is 7.64. The van der Waals surface area contributed by atoms with E-state index in [2.05, 4.69) is 11.9 Å². The van der Waals surface area contributed by atoms with E-state index in [1.165, 1.54) is 0 Å². The number of aryl methyl sites for hydroxylation is 1. The molecule has 1 aromatic rings. The van der Waals surface area contributed by atoms with Gasteiger partial charge in [-0.25, -0.2) is 0 Å². The van der Waals surface area contributed by atoms with Crippen molar-refractivity contribution in [3.63, 3.8) is 0 Å². The molecular formula is C13H19N3O. The van der Waals surface area contributed by atoms with Gasteiger partial charge in [0.15, 0.2) is 0 Å². The first-order valence-electron chi connectivity index (χ1n) is 6.16. The molecule has 1 amide bonds. The highest BCUT2D eigenvalue weighted by molar-refractivity contribution is 5.96. The lowest BCUT2D eigenvalue weighted by atomic mass is 10.1. The molecule has 4 nitrogen and oxygen atoms in total. The third-order valence-corrected chi connectivity index (χ3v) is 3.45. The minimum absolute atomic E-state index is 0.0756. The second kappa shape index (κ2) is 4.73. The van der Waals surface area contributed by atoms with Crippen molar-refractivity contribution in [2.24, 2.45) is 0 Å². The van der Waals surface area contributed by atoms with Crippen molar-refractivity contribution in [1.29, 1.82) is 0 Å². The van der Waals surface area contributed by atoms with Crippen molar-refractivity contribution in [2.75, 3.05) is 12.3 Å². The van der Waals surface area contributed by atoms with E-state index in [1.807, 2.05) is 11.8 Å². The lowest BCUT2D eigenvalue weighted by Gasteiger charge is -2.24. The van der Waals surface area contributed by atoms with Crippen LogP contribution in [0.3, 0.4) is 0 Å². The maximum absolute atomic E-state index is 12.4. The quantitative estimate of drug-likeness (QED) is 0.849. The van der Waals surface area contributed by atoms with Crippen LogP contribution in [0.5, 0.6) is 0 Å². The highest BCUT2D eigenvalue weighted by atomic mass is 16.2. The van der Waals surface area contributed by atoms with E-state index >= 15 is 0 Å². The molecule has 1 fully saturated rings. The minimum atomic E-state index is 0.0756. The Morgan fingerprint density at radius 1 is 1.65 bits per heavy atom. The van der Waals surface area contributed by atoms with Crippen LogP contribution in [0.25, 0.3) is 0 Å². The van der Waals surface area contributed by atoms with Gasteiger partial charge in [0.2, 0.25) is 0 Å². The zero-order valence-corrected chi connectivity index (χ0v) is 10.4. The molecule has 1 atom stereocenters. The number of carbonyl (C=O) groups excluding carboxylic acids is 1. The van der Waals surface area contributed by atoms with E-state index in [0.29, 0.717) is 17.3 Å². The standard InChI is InChI=1S/C13H19N3O/c1-3-11-5-4-6-16(11)13(17)12-7-10(14)8-15-9(12)2/h7-8,11H,3-6,14H2,1-2H3. The summed E-state index contributed by atoms with van der Waals surface area (Å²) in [6.07, 6.45) is 4.81. The zero-order valence-electron chi connectivity index (χ0n) is 10.4. The van der Waals surface area contributed by atoms with Crippen molar-refractivity contribution in [2.45, 2.75) is 39.2 Å². The fraction of sp³-hybridized carbons (Fsp3) is 0.538. The summed E-state index contributed by atoms with van der Waals surface area (Å²) in [6.45, 7) is 4.83. The number of nitrogen functional groups attached to an aromatic ring is 1. The number of nitrogens with zero attached hydrogens (tertiary/aromatic N) is 2. The molecule has 0 bridgehead atoms. The molecule has 2 heterocycles. The molecule has 0 saturated carbocycles. The van der Waals surface area contributed by atoms with E-state index in [4.69, 9.17) is 5.73 Å². The maximum Gasteiger partial charge on any atom is 0.256 e. The Morgan fingerprint density at radius 2 is 2.41 bits per heavy atom. The first-order valence-corrected chi connectivity index (χ1v) is 6.16. The summed E-state index contributed by atoms with van der Waals surface area (Å²) in [5.74, 6) is 0.0756. The Balaban J connectivity index is 2.27. The first-order chi connectivity index (χ1) is 8.13. The molecule has 0 aromatic carbocycles. The van der Waals surface area contributed by atoms with Gasteiger partial charge in [-0.15, -0.1) is 0 Å². The predicted octanol–water partition coefficient (Wildman–Crippen LogP) is 1.99. The van der Waals surface area contributed by atoms with Crippen molar-refractivity contribution in [3.8, 4) is 0 Å². The van der Waals surface area contributed by atoms with Gasteiger partial charge in [-0.05, 0) is 32.3 Å². The Bertz CT molecular complexity index is 431. The number of amides is 1. The number of likely N-dealkylation sites (tertiary alicyclic amines) is 1. The van der Waals surface area contributed by atoms with Crippen LogP contribution in [0.4, 0.5) is 5.69 Å². The average molecular weight is 233 g/mol. The molecule has 92 valence electrons. The average Bonchev–Trinajstić information content (AvgIpc) is 2.79. The van der Waals surface area contributed by atoms with Gasteiger partial charge in [-0.3, -0.25) is 9.78 Å². The Hall–Kier alpha value is -1.58. The number of pyridine rings is 1. The summed E-state index contributed by atoms with van der Waals surface area (Å²) < 4.78 is 0. The zero-order chi connectivity index (χ0) is 12.4. The number of anilines is 1. The molecule has 2 N–H and O–H groups in total. The molecule has 1 unspecified atom stereocenters. The van der Waals surface area contributed by atoms with Gasteiger partial charge in [0.05, 0.1) is 23.1 Å². The number of nitrogens with two attached hydrogens (primary N) is 1. The van der Waals surface area contributed by atoms with E-state index in [0.717, 1.165) is 31.5 Å². The second-order valence-electron chi connectivity index (χ2n) is 4.60. The topological polar surface area (TPSA) is 59.2 Å². The Kier molecular flexibility index (Phi) is 3.31. The van der Waals surface area contributed by atoms with Gasteiger partial charge in [0.25, 0.3) is 5.91 Å². The van der Waals surface area contributed by atoms with Crippen LogP contribution in [0, 0.1) is 6.92 Å². The van der Waals surface area contributed by atoms with E-state index in [-0.39, 0.29) is 5.91 Å². The highest BCUT2D eigenvalue weighted by Crippen LogP contribution is 2.23. The van der Waals surface area contributed by atoms with Gasteiger partial charge in [0.1, 0.15) is 0 Å². The van der Waals surface area contributed by atoms with Gasteiger partial charge >= 0.3 is 0 Å². The molecule has 0 spiro atoms. The smallest absolute Gasteiger partial charge is 0.256 e. The predicted molar refractivity (Wildman–Crippen MR) is 67.7 cm³/mol. The number of rotatable bonds is 2.